The van der Waals surface area contributed by atoms with E-state index in [2.05, 4.69) is 29.2 Å². The molecule has 5 heteroatoms. The standard InChI is InChI=1S/C27H30N2O3/c1-31-25-14-13-24(19-26(25)32-2)29(27(30)22-11-7-4-8-12-22)23-15-17-28(18-16-23)20-21-9-5-3-6-10-21/h3-14,19,23H,15-18,20H2,1-2H3. The van der Waals surface area contributed by atoms with Crippen molar-refractivity contribution in [3.05, 3.63) is 90.0 Å². The molecule has 1 aliphatic heterocycles. The van der Waals surface area contributed by atoms with Crippen LogP contribution >= 0.6 is 0 Å². The third-order valence-corrected chi connectivity index (χ3v) is 6.06. The maximum atomic E-state index is 13.6. The van der Waals surface area contributed by atoms with Crippen molar-refractivity contribution in [3.8, 4) is 11.5 Å². The first-order chi connectivity index (χ1) is 15.7. The van der Waals surface area contributed by atoms with E-state index in [1.54, 1.807) is 14.2 Å². The number of ether oxygens (including phenoxy) is 2. The molecule has 4 rings (SSSR count). The molecule has 1 aliphatic rings. The Balaban J connectivity index is 1.57. The van der Waals surface area contributed by atoms with Gasteiger partial charge in [-0.05, 0) is 42.7 Å². The van der Waals surface area contributed by atoms with Gasteiger partial charge in [-0.1, -0.05) is 48.5 Å². The number of benzene rings is 3. The van der Waals surface area contributed by atoms with E-state index in [1.807, 2.05) is 59.5 Å². The lowest BCUT2D eigenvalue weighted by molar-refractivity contribution is 0.0958. The molecular weight excluding hydrogens is 400 g/mol. The lowest BCUT2D eigenvalue weighted by Crippen LogP contribution is -2.47. The number of carbonyl (C=O) groups excluding carboxylic acids is 1. The minimum Gasteiger partial charge on any atom is -0.493 e. The van der Waals surface area contributed by atoms with Crippen LogP contribution in [0.15, 0.2) is 78.9 Å². The van der Waals surface area contributed by atoms with Crippen LogP contribution in [0.2, 0.25) is 0 Å². The van der Waals surface area contributed by atoms with Gasteiger partial charge in [-0.25, -0.2) is 0 Å². The Morgan fingerprint density at radius 2 is 1.50 bits per heavy atom. The van der Waals surface area contributed by atoms with Gasteiger partial charge in [0.1, 0.15) is 0 Å². The third kappa shape index (κ3) is 4.94. The number of anilines is 1. The van der Waals surface area contributed by atoms with Crippen molar-refractivity contribution < 1.29 is 14.3 Å². The average molecular weight is 431 g/mol. The van der Waals surface area contributed by atoms with Crippen LogP contribution in [0.1, 0.15) is 28.8 Å². The zero-order chi connectivity index (χ0) is 22.3. The Morgan fingerprint density at radius 3 is 2.12 bits per heavy atom. The highest BCUT2D eigenvalue weighted by molar-refractivity contribution is 6.06. The molecule has 5 nitrogen and oxygen atoms in total. The van der Waals surface area contributed by atoms with Crippen molar-refractivity contribution in [1.82, 2.24) is 4.90 Å². The van der Waals surface area contributed by atoms with Crippen LogP contribution in [0.5, 0.6) is 11.5 Å². The summed E-state index contributed by atoms with van der Waals surface area (Å²) >= 11 is 0. The molecule has 0 N–H and O–H groups in total. The van der Waals surface area contributed by atoms with E-state index in [0.29, 0.717) is 17.1 Å². The number of likely N-dealkylation sites (tertiary alicyclic amines) is 1. The summed E-state index contributed by atoms with van der Waals surface area (Å²) < 4.78 is 10.9. The van der Waals surface area contributed by atoms with Gasteiger partial charge in [-0.15, -0.1) is 0 Å². The smallest absolute Gasteiger partial charge is 0.258 e. The van der Waals surface area contributed by atoms with E-state index in [9.17, 15) is 4.79 Å². The first kappa shape index (κ1) is 21.9. The Bertz CT molecular complexity index is 1020. The van der Waals surface area contributed by atoms with Crippen molar-refractivity contribution >= 4 is 11.6 Å². The second kappa shape index (κ2) is 10.3. The van der Waals surface area contributed by atoms with Crippen molar-refractivity contribution in [2.45, 2.75) is 25.4 Å². The highest BCUT2D eigenvalue weighted by Gasteiger charge is 2.30. The first-order valence-electron chi connectivity index (χ1n) is 11.1. The molecule has 0 aromatic heterocycles. The van der Waals surface area contributed by atoms with Crippen LogP contribution in [0.4, 0.5) is 5.69 Å². The fourth-order valence-electron chi connectivity index (χ4n) is 4.37. The fourth-order valence-corrected chi connectivity index (χ4v) is 4.37. The van der Waals surface area contributed by atoms with Crippen LogP contribution < -0.4 is 14.4 Å². The number of methoxy groups -OCH3 is 2. The number of rotatable bonds is 7. The number of carbonyl (C=O) groups is 1. The average Bonchev–Trinajstić information content (AvgIpc) is 2.86. The number of amides is 1. The molecule has 1 fully saturated rings. The molecule has 32 heavy (non-hydrogen) atoms. The normalized spacial score (nSPS) is 14.7. The van der Waals surface area contributed by atoms with Crippen LogP contribution in [0, 0.1) is 0 Å². The molecule has 3 aromatic carbocycles. The van der Waals surface area contributed by atoms with E-state index in [4.69, 9.17) is 9.47 Å². The quantitative estimate of drug-likeness (QED) is 0.528. The van der Waals surface area contributed by atoms with Crippen molar-refractivity contribution in [2.75, 3.05) is 32.2 Å². The molecule has 0 saturated carbocycles. The van der Waals surface area contributed by atoms with Crippen LogP contribution in [-0.2, 0) is 6.54 Å². The van der Waals surface area contributed by atoms with Gasteiger partial charge >= 0.3 is 0 Å². The first-order valence-corrected chi connectivity index (χ1v) is 11.1. The van der Waals surface area contributed by atoms with Gasteiger partial charge < -0.3 is 14.4 Å². The molecule has 0 bridgehead atoms. The maximum absolute atomic E-state index is 13.6. The number of nitrogens with zero attached hydrogens (tertiary/aromatic N) is 2. The van der Waals surface area contributed by atoms with E-state index in [1.165, 1.54) is 5.56 Å². The number of piperidine rings is 1. The van der Waals surface area contributed by atoms with Gasteiger partial charge in [0.25, 0.3) is 5.91 Å². The van der Waals surface area contributed by atoms with E-state index >= 15 is 0 Å². The van der Waals surface area contributed by atoms with E-state index in [0.717, 1.165) is 38.2 Å². The Morgan fingerprint density at radius 1 is 0.875 bits per heavy atom. The van der Waals surface area contributed by atoms with Crippen LogP contribution in [-0.4, -0.2) is 44.2 Å². The van der Waals surface area contributed by atoms with Gasteiger partial charge in [0.15, 0.2) is 11.5 Å². The van der Waals surface area contributed by atoms with Crippen LogP contribution in [0.3, 0.4) is 0 Å². The zero-order valence-corrected chi connectivity index (χ0v) is 18.7. The van der Waals surface area contributed by atoms with Gasteiger partial charge in [0.2, 0.25) is 0 Å². The zero-order valence-electron chi connectivity index (χ0n) is 18.7. The predicted octanol–water partition coefficient (Wildman–Crippen LogP) is 5.02. The monoisotopic (exact) mass is 430 g/mol. The summed E-state index contributed by atoms with van der Waals surface area (Å²) in [4.78, 5) is 18.0. The molecule has 1 saturated heterocycles. The van der Waals surface area contributed by atoms with E-state index < -0.39 is 0 Å². The Kier molecular flexibility index (Phi) is 7.07. The Labute approximate surface area is 190 Å². The third-order valence-electron chi connectivity index (χ3n) is 6.06. The molecule has 1 heterocycles. The van der Waals surface area contributed by atoms with Crippen molar-refractivity contribution in [1.29, 1.82) is 0 Å². The fraction of sp³-hybridized carbons (Fsp3) is 0.296. The summed E-state index contributed by atoms with van der Waals surface area (Å²) in [7, 11) is 3.24. The highest BCUT2D eigenvalue weighted by Crippen LogP contribution is 2.34. The molecule has 0 atom stereocenters. The lowest BCUT2D eigenvalue weighted by atomic mass is 10.00. The van der Waals surface area contributed by atoms with Gasteiger partial charge in [-0.2, -0.15) is 0 Å². The summed E-state index contributed by atoms with van der Waals surface area (Å²) in [5.74, 6) is 1.29. The SMILES string of the molecule is COc1ccc(N(C(=O)c2ccccc2)C2CCN(Cc3ccccc3)CC2)cc1OC. The Hall–Kier alpha value is -3.31. The van der Waals surface area contributed by atoms with Crippen LogP contribution in [0.25, 0.3) is 0 Å². The molecule has 166 valence electrons. The van der Waals surface area contributed by atoms with Gasteiger partial charge in [-0.3, -0.25) is 9.69 Å². The molecule has 0 spiro atoms. The van der Waals surface area contributed by atoms with Crippen molar-refractivity contribution in [2.24, 2.45) is 0 Å². The second-order valence-electron chi connectivity index (χ2n) is 8.07. The largest absolute Gasteiger partial charge is 0.493 e. The molecule has 0 radical (unpaired) electrons. The summed E-state index contributed by atoms with van der Waals surface area (Å²) in [6, 6.07) is 25.9. The minimum absolute atomic E-state index is 0.0133. The topological polar surface area (TPSA) is 42.0 Å². The maximum Gasteiger partial charge on any atom is 0.258 e. The van der Waals surface area contributed by atoms with E-state index in [-0.39, 0.29) is 11.9 Å². The summed E-state index contributed by atoms with van der Waals surface area (Å²) in [5.41, 5.74) is 2.84. The summed E-state index contributed by atoms with van der Waals surface area (Å²) in [6.07, 6.45) is 1.83. The minimum atomic E-state index is 0.0133. The highest BCUT2D eigenvalue weighted by atomic mass is 16.5. The lowest BCUT2D eigenvalue weighted by Gasteiger charge is -2.39. The molecule has 3 aromatic rings. The summed E-state index contributed by atoms with van der Waals surface area (Å²) in [6.45, 7) is 2.84. The number of hydrogen-bond donors (Lipinski definition) is 0. The second-order valence-corrected chi connectivity index (χ2v) is 8.07. The summed E-state index contributed by atoms with van der Waals surface area (Å²) in [5, 5.41) is 0. The molecule has 1 amide bonds. The number of hydrogen-bond acceptors (Lipinski definition) is 4. The van der Waals surface area contributed by atoms with Crippen molar-refractivity contribution in [3.63, 3.8) is 0 Å². The van der Waals surface area contributed by atoms with Gasteiger partial charge in [0.05, 0.1) is 14.2 Å². The molecule has 0 aliphatic carbocycles. The van der Waals surface area contributed by atoms with Gasteiger partial charge in [0, 0.05) is 43.0 Å². The predicted molar refractivity (Wildman–Crippen MR) is 128 cm³/mol. The molecular formula is C27H30N2O3. The molecule has 0 unspecified atom stereocenters.